The normalized spacial score (nSPS) is 14.8. The van der Waals surface area contributed by atoms with Gasteiger partial charge in [0.05, 0.1) is 18.2 Å². The second-order valence-corrected chi connectivity index (χ2v) is 11.6. The van der Waals surface area contributed by atoms with Gasteiger partial charge in [0.1, 0.15) is 0 Å². The van der Waals surface area contributed by atoms with Crippen LogP contribution in [0.2, 0.25) is 0 Å². The van der Waals surface area contributed by atoms with E-state index in [-0.39, 0.29) is 6.61 Å². The summed E-state index contributed by atoms with van der Waals surface area (Å²) in [5.74, 6) is 1.28. The Bertz CT molecular complexity index is 1510. The van der Waals surface area contributed by atoms with Crippen molar-refractivity contribution < 1.29 is 9.32 Å². The molecule has 3 aromatic heterocycles. The van der Waals surface area contributed by atoms with Gasteiger partial charge >= 0.3 is 0 Å². The third-order valence-corrected chi connectivity index (χ3v) is 6.54. The van der Waals surface area contributed by atoms with Gasteiger partial charge < -0.3 is 20.2 Å². The van der Waals surface area contributed by atoms with E-state index in [1.54, 1.807) is 47.8 Å². The van der Waals surface area contributed by atoms with Crippen molar-refractivity contribution in [3.05, 3.63) is 54.4 Å². The number of aliphatic hydroxyl groups is 1. The van der Waals surface area contributed by atoms with Gasteiger partial charge in [0, 0.05) is 71.6 Å². The minimum Gasteiger partial charge on any atom is -0.392 e. The largest absolute Gasteiger partial charge is 0.392 e. The molecule has 1 aliphatic heterocycles. The molecule has 5 rings (SSSR count). The number of anilines is 3. The van der Waals surface area contributed by atoms with Gasteiger partial charge in [0.2, 0.25) is 5.95 Å². The molecule has 4 aromatic rings. The summed E-state index contributed by atoms with van der Waals surface area (Å²) in [6, 6.07) is 11.2. The molecule has 0 bridgehead atoms. The first-order valence-corrected chi connectivity index (χ1v) is 13.9. The van der Waals surface area contributed by atoms with E-state index < -0.39 is 9.73 Å². The fourth-order valence-electron chi connectivity index (χ4n) is 4.13. The Morgan fingerprint density at radius 2 is 1.89 bits per heavy atom. The molecule has 1 fully saturated rings. The molecule has 1 saturated heterocycles. The van der Waals surface area contributed by atoms with Crippen molar-refractivity contribution in [3.63, 3.8) is 0 Å². The van der Waals surface area contributed by atoms with Crippen LogP contribution < -0.4 is 10.2 Å². The number of hydrogen-bond donors (Lipinski definition) is 2. The zero-order chi connectivity index (χ0) is 25.3. The van der Waals surface area contributed by atoms with Crippen LogP contribution >= 0.6 is 0 Å². The second-order valence-electron chi connectivity index (χ2n) is 9.07. The van der Waals surface area contributed by atoms with Crippen molar-refractivity contribution in [1.29, 1.82) is 0 Å². The number of nitrogens with zero attached hydrogens (tertiary/aromatic N) is 8. The van der Waals surface area contributed by atoms with E-state index in [4.69, 9.17) is 0 Å². The average Bonchev–Trinajstić information content (AvgIpc) is 3.27. The van der Waals surface area contributed by atoms with Crippen LogP contribution in [0.5, 0.6) is 0 Å². The minimum absolute atomic E-state index is 0.0567. The Labute approximate surface area is 210 Å². The third kappa shape index (κ3) is 5.30. The number of piperazine rings is 1. The van der Waals surface area contributed by atoms with Crippen LogP contribution in [0.4, 0.5) is 23.1 Å². The SMILES string of the molecule is CN1CCN(c2ccc(Nc3ncc4cnn(-c5cccc(N=S(C)(C)=O)n5)c4n3)cc2CO)CC1. The van der Waals surface area contributed by atoms with Crippen LogP contribution in [0.25, 0.3) is 16.9 Å². The number of likely N-dealkylation sites (N-methyl/N-ethyl adjacent to an activating group) is 1. The number of aromatic nitrogens is 5. The lowest BCUT2D eigenvalue weighted by Crippen LogP contribution is -2.44. The number of pyridine rings is 1. The van der Waals surface area contributed by atoms with Crippen LogP contribution in [0, 0.1) is 0 Å². The highest BCUT2D eigenvalue weighted by Gasteiger charge is 2.17. The van der Waals surface area contributed by atoms with Gasteiger partial charge in [-0.3, -0.25) is 0 Å². The first-order chi connectivity index (χ1) is 17.3. The molecule has 2 N–H and O–H groups in total. The summed E-state index contributed by atoms with van der Waals surface area (Å²) in [7, 11) is -0.220. The molecule has 36 heavy (non-hydrogen) atoms. The van der Waals surface area contributed by atoms with E-state index in [0.717, 1.165) is 48.5 Å². The van der Waals surface area contributed by atoms with Gasteiger partial charge in [-0.1, -0.05) is 6.07 Å². The first kappa shape index (κ1) is 24.1. The topological polar surface area (TPSA) is 125 Å². The molecule has 0 amide bonds. The molecule has 188 valence electrons. The number of aliphatic hydroxyl groups excluding tert-OH is 1. The highest BCUT2D eigenvalue weighted by molar-refractivity contribution is 7.92. The lowest BCUT2D eigenvalue weighted by Gasteiger charge is -2.35. The average molecular weight is 508 g/mol. The van der Waals surface area contributed by atoms with Gasteiger partial charge in [0.25, 0.3) is 0 Å². The van der Waals surface area contributed by atoms with Gasteiger partial charge in [0.15, 0.2) is 17.3 Å². The van der Waals surface area contributed by atoms with E-state index in [1.165, 1.54) is 0 Å². The second kappa shape index (κ2) is 9.80. The van der Waals surface area contributed by atoms with Crippen molar-refractivity contribution >= 4 is 43.9 Å². The van der Waals surface area contributed by atoms with Crippen LogP contribution in [0.15, 0.2) is 53.2 Å². The zero-order valence-electron chi connectivity index (χ0n) is 20.5. The quantitative estimate of drug-likeness (QED) is 0.405. The maximum Gasteiger partial charge on any atom is 0.229 e. The van der Waals surface area contributed by atoms with Crippen molar-refractivity contribution in [2.75, 3.05) is 56.0 Å². The fourth-order valence-corrected chi connectivity index (χ4v) is 4.68. The summed E-state index contributed by atoms with van der Waals surface area (Å²) in [4.78, 5) is 18.2. The summed E-state index contributed by atoms with van der Waals surface area (Å²) < 4.78 is 17.9. The summed E-state index contributed by atoms with van der Waals surface area (Å²) in [5.41, 5.74) is 3.25. The molecule has 0 spiro atoms. The third-order valence-electron chi connectivity index (χ3n) is 5.91. The van der Waals surface area contributed by atoms with Crippen molar-refractivity contribution in [3.8, 4) is 5.82 Å². The Hall–Kier alpha value is -3.61. The molecule has 4 heterocycles. The predicted molar refractivity (Wildman–Crippen MR) is 142 cm³/mol. The smallest absolute Gasteiger partial charge is 0.229 e. The molecular formula is C24H29N9O2S. The summed E-state index contributed by atoms with van der Waals surface area (Å²) in [6.07, 6.45) is 6.49. The summed E-state index contributed by atoms with van der Waals surface area (Å²) >= 11 is 0. The number of fused-ring (bicyclic) bond motifs is 1. The first-order valence-electron chi connectivity index (χ1n) is 11.6. The van der Waals surface area contributed by atoms with E-state index >= 15 is 0 Å². The summed E-state index contributed by atoms with van der Waals surface area (Å²) in [6.45, 7) is 3.79. The molecular weight excluding hydrogens is 478 g/mol. The van der Waals surface area contributed by atoms with Crippen LogP contribution in [0.3, 0.4) is 0 Å². The van der Waals surface area contributed by atoms with Crippen molar-refractivity contribution in [2.45, 2.75) is 6.61 Å². The number of hydrogen-bond acceptors (Lipinski definition) is 10. The van der Waals surface area contributed by atoms with Crippen LogP contribution in [-0.4, -0.2) is 84.7 Å². The van der Waals surface area contributed by atoms with Crippen LogP contribution in [0.1, 0.15) is 5.56 Å². The number of benzene rings is 1. The summed E-state index contributed by atoms with van der Waals surface area (Å²) in [5, 5.41) is 18.4. The minimum atomic E-state index is -2.34. The highest BCUT2D eigenvalue weighted by Crippen LogP contribution is 2.27. The zero-order valence-corrected chi connectivity index (χ0v) is 21.3. The Morgan fingerprint density at radius 1 is 1.08 bits per heavy atom. The van der Waals surface area contributed by atoms with E-state index in [2.05, 4.69) is 46.6 Å². The monoisotopic (exact) mass is 507 g/mol. The molecule has 1 aliphatic rings. The maximum atomic E-state index is 12.1. The molecule has 0 atom stereocenters. The van der Waals surface area contributed by atoms with Gasteiger partial charge in [-0.25, -0.2) is 14.2 Å². The Kier molecular flexibility index (Phi) is 6.56. The molecule has 0 radical (unpaired) electrons. The lowest BCUT2D eigenvalue weighted by atomic mass is 10.1. The van der Waals surface area contributed by atoms with Crippen molar-refractivity contribution in [1.82, 2.24) is 29.6 Å². The van der Waals surface area contributed by atoms with E-state index in [0.29, 0.717) is 23.2 Å². The van der Waals surface area contributed by atoms with Crippen molar-refractivity contribution in [2.24, 2.45) is 4.36 Å². The van der Waals surface area contributed by atoms with Crippen LogP contribution in [-0.2, 0) is 16.3 Å². The Balaban J connectivity index is 1.43. The number of nitrogens with one attached hydrogen (secondary N) is 1. The molecule has 0 aliphatic carbocycles. The van der Waals surface area contributed by atoms with Gasteiger partial charge in [-0.2, -0.15) is 19.1 Å². The van der Waals surface area contributed by atoms with Gasteiger partial charge in [-0.05, 0) is 37.4 Å². The standard InChI is InChI=1S/C24H29N9O2S/c1-31-9-11-32(12-10-31)20-8-7-19(13-17(20)16-34)27-24-25-14-18-15-26-33(23(18)29-24)22-6-4-5-21(28-22)30-36(2,3)35/h4-8,13-15,34H,9-12,16H2,1-3H3,(H,25,27,29). The molecule has 12 heteroatoms. The van der Waals surface area contributed by atoms with E-state index in [9.17, 15) is 9.32 Å². The number of rotatable bonds is 6. The van der Waals surface area contributed by atoms with Gasteiger partial charge in [-0.15, -0.1) is 0 Å². The molecule has 0 saturated carbocycles. The lowest BCUT2D eigenvalue weighted by molar-refractivity contribution is 0.280. The Morgan fingerprint density at radius 3 is 2.64 bits per heavy atom. The van der Waals surface area contributed by atoms with E-state index in [1.807, 2.05) is 18.2 Å². The highest BCUT2D eigenvalue weighted by atomic mass is 32.2. The fraction of sp³-hybridized carbons (Fsp3) is 0.333. The maximum absolute atomic E-state index is 12.1. The molecule has 0 unspecified atom stereocenters. The molecule has 11 nitrogen and oxygen atoms in total. The predicted octanol–water partition coefficient (Wildman–Crippen LogP) is 2.56. The molecule has 1 aromatic carbocycles.